The first kappa shape index (κ1) is 17.4. The van der Waals surface area contributed by atoms with Crippen molar-refractivity contribution >= 4 is 21.6 Å². The molecule has 0 radical (unpaired) electrons. The molecule has 5 heteroatoms. The average Bonchev–Trinajstić information content (AvgIpc) is 3.14. The van der Waals surface area contributed by atoms with E-state index in [9.17, 15) is 4.39 Å². The van der Waals surface area contributed by atoms with Crippen molar-refractivity contribution in [3.8, 4) is 5.75 Å². The van der Waals surface area contributed by atoms with Gasteiger partial charge in [-0.1, -0.05) is 64.0 Å². The van der Waals surface area contributed by atoms with Crippen molar-refractivity contribution in [2.45, 2.75) is 25.6 Å². The second-order valence-electron chi connectivity index (χ2n) is 7.19. The van der Waals surface area contributed by atoms with Gasteiger partial charge >= 0.3 is 0 Å². The van der Waals surface area contributed by atoms with Crippen molar-refractivity contribution in [1.29, 1.82) is 0 Å². The summed E-state index contributed by atoms with van der Waals surface area (Å²) in [6.07, 6.45) is 0.156. The molecule has 2 aliphatic heterocycles. The van der Waals surface area contributed by atoms with Gasteiger partial charge in [-0.3, -0.25) is 0 Å². The molecule has 2 heterocycles. The highest BCUT2D eigenvalue weighted by Gasteiger charge is 2.41. The molecule has 0 aliphatic carbocycles. The molecule has 0 unspecified atom stereocenters. The van der Waals surface area contributed by atoms with Crippen molar-refractivity contribution in [1.82, 2.24) is 5.01 Å². The molecular formula is C23H18BrFN2O. The maximum atomic E-state index is 14.6. The minimum absolute atomic E-state index is 0.00200. The number of rotatable bonds is 2. The summed E-state index contributed by atoms with van der Waals surface area (Å²) in [5.74, 6) is 0.490. The van der Waals surface area contributed by atoms with Crippen LogP contribution in [-0.4, -0.2) is 10.7 Å². The van der Waals surface area contributed by atoms with Gasteiger partial charge in [0.25, 0.3) is 0 Å². The molecule has 0 bridgehead atoms. The monoisotopic (exact) mass is 436 g/mol. The van der Waals surface area contributed by atoms with Crippen LogP contribution in [0.5, 0.6) is 5.75 Å². The minimum Gasteiger partial charge on any atom is -0.464 e. The molecule has 28 heavy (non-hydrogen) atoms. The van der Waals surface area contributed by atoms with Crippen molar-refractivity contribution < 1.29 is 9.13 Å². The second-order valence-corrected chi connectivity index (χ2v) is 8.10. The molecule has 0 fully saturated rings. The zero-order valence-corrected chi connectivity index (χ0v) is 16.9. The lowest BCUT2D eigenvalue weighted by atomic mass is 9.95. The molecule has 3 nitrogen and oxygen atoms in total. The Labute approximate surface area is 171 Å². The van der Waals surface area contributed by atoms with Gasteiger partial charge in [0.15, 0.2) is 0 Å². The Morgan fingerprint density at radius 2 is 1.82 bits per heavy atom. The lowest BCUT2D eigenvalue weighted by Gasteiger charge is -2.38. The van der Waals surface area contributed by atoms with Crippen LogP contribution in [0.15, 0.2) is 76.3 Å². The molecule has 0 aromatic heterocycles. The van der Waals surface area contributed by atoms with Gasteiger partial charge in [0.05, 0.1) is 17.3 Å². The summed E-state index contributed by atoms with van der Waals surface area (Å²) in [6, 6.07) is 21.1. The van der Waals surface area contributed by atoms with E-state index in [1.807, 2.05) is 23.2 Å². The van der Waals surface area contributed by atoms with Gasteiger partial charge in [-0.15, -0.1) is 0 Å². The third kappa shape index (κ3) is 2.90. The predicted octanol–water partition coefficient (Wildman–Crippen LogP) is 6.14. The standard InChI is InChI=1S/C23H18BrFN2O/c1-14-6-8-15(9-7-14)20-13-21-18-12-16(24)10-11-22(18)28-23(27(21)26-20)17-4-2-3-5-19(17)25/h2-12,21,23H,13H2,1H3/t21-,23+/m0/s1. The lowest BCUT2D eigenvalue weighted by Crippen LogP contribution is -2.34. The van der Waals surface area contributed by atoms with Crippen LogP contribution in [0.1, 0.15) is 40.9 Å². The van der Waals surface area contributed by atoms with Crippen molar-refractivity contribution in [2.75, 3.05) is 0 Å². The number of halogens is 2. The Morgan fingerprint density at radius 1 is 1.04 bits per heavy atom. The normalized spacial score (nSPS) is 20.2. The highest BCUT2D eigenvalue weighted by atomic mass is 79.9. The number of aryl methyl sites for hydroxylation is 1. The summed E-state index contributed by atoms with van der Waals surface area (Å²) >= 11 is 3.56. The van der Waals surface area contributed by atoms with Crippen molar-refractivity contribution in [2.24, 2.45) is 5.10 Å². The van der Waals surface area contributed by atoms with Gasteiger partial charge in [0, 0.05) is 16.5 Å². The molecule has 2 atom stereocenters. The van der Waals surface area contributed by atoms with E-state index < -0.39 is 6.23 Å². The summed E-state index contributed by atoms with van der Waals surface area (Å²) in [6.45, 7) is 2.07. The molecule has 0 N–H and O–H groups in total. The fraction of sp³-hybridized carbons (Fsp3) is 0.174. The Morgan fingerprint density at radius 3 is 2.61 bits per heavy atom. The van der Waals surface area contributed by atoms with E-state index in [0.29, 0.717) is 5.56 Å². The van der Waals surface area contributed by atoms with Crippen LogP contribution in [0.3, 0.4) is 0 Å². The number of hydrazone groups is 1. The number of benzene rings is 3. The number of ether oxygens (including phenoxy) is 1. The molecule has 5 rings (SSSR count). The number of fused-ring (bicyclic) bond motifs is 3. The third-order valence-corrected chi connectivity index (χ3v) is 5.80. The Bertz CT molecular complexity index is 1080. The summed E-state index contributed by atoms with van der Waals surface area (Å²) in [5.41, 5.74) is 4.84. The maximum absolute atomic E-state index is 14.6. The van der Waals surface area contributed by atoms with Gasteiger partial charge in [-0.05, 0) is 36.8 Å². The van der Waals surface area contributed by atoms with Crippen LogP contribution in [0.25, 0.3) is 0 Å². The van der Waals surface area contributed by atoms with E-state index in [0.717, 1.165) is 33.5 Å². The molecule has 0 amide bonds. The second kappa shape index (κ2) is 6.74. The van der Waals surface area contributed by atoms with Crippen LogP contribution in [0.4, 0.5) is 4.39 Å². The smallest absolute Gasteiger partial charge is 0.216 e. The van der Waals surface area contributed by atoms with E-state index in [4.69, 9.17) is 9.84 Å². The first-order valence-corrected chi connectivity index (χ1v) is 10.0. The zero-order valence-electron chi connectivity index (χ0n) is 15.3. The fourth-order valence-electron chi connectivity index (χ4n) is 3.86. The molecule has 140 valence electrons. The van der Waals surface area contributed by atoms with Gasteiger partial charge in [-0.2, -0.15) is 5.10 Å². The topological polar surface area (TPSA) is 24.8 Å². The number of nitrogens with zero attached hydrogens (tertiary/aromatic N) is 2. The molecular weight excluding hydrogens is 419 g/mol. The maximum Gasteiger partial charge on any atom is 0.216 e. The van der Waals surface area contributed by atoms with E-state index in [-0.39, 0.29) is 11.9 Å². The first-order valence-electron chi connectivity index (χ1n) is 9.23. The van der Waals surface area contributed by atoms with Gasteiger partial charge in [0.2, 0.25) is 6.23 Å². The number of hydrogen-bond acceptors (Lipinski definition) is 3. The molecule has 0 saturated carbocycles. The van der Waals surface area contributed by atoms with E-state index in [1.54, 1.807) is 12.1 Å². The molecule has 0 saturated heterocycles. The first-order chi connectivity index (χ1) is 13.6. The van der Waals surface area contributed by atoms with Gasteiger partial charge in [0.1, 0.15) is 11.6 Å². The van der Waals surface area contributed by atoms with E-state index in [2.05, 4.69) is 53.2 Å². The van der Waals surface area contributed by atoms with Crippen LogP contribution in [0, 0.1) is 12.7 Å². The molecule has 3 aromatic carbocycles. The molecule has 2 aliphatic rings. The lowest BCUT2D eigenvalue weighted by molar-refractivity contribution is -0.0212. The van der Waals surface area contributed by atoms with Crippen molar-refractivity contribution in [3.63, 3.8) is 0 Å². The van der Waals surface area contributed by atoms with Crippen molar-refractivity contribution in [3.05, 3.63) is 99.3 Å². The number of hydrogen-bond donors (Lipinski definition) is 0. The van der Waals surface area contributed by atoms with Gasteiger partial charge < -0.3 is 4.74 Å². The SMILES string of the molecule is Cc1ccc(C2=NN3[C@@H](c4ccccc4F)Oc4ccc(Br)cc4[C@@H]3C2)cc1. The fourth-order valence-corrected chi connectivity index (χ4v) is 4.24. The van der Waals surface area contributed by atoms with Crippen LogP contribution in [-0.2, 0) is 0 Å². The summed E-state index contributed by atoms with van der Waals surface area (Å²) in [5, 5.41) is 6.79. The molecule has 3 aromatic rings. The summed E-state index contributed by atoms with van der Waals surface area (Å²) in [4.78, 5) is 0. The van der Waals surface area contributed by atoms with Crippen LogP contribution >= 0.6 is 15.9 Å². The van der Waals surface area contributed by atoms with Gasteiger partial charge in [-0.25, -0.2) is 9.40 Å². The predicted molar refractivity (Wildman–Crippen MR) is 111 cm³/mol. The van der Waals surface area contributed by atoms with E-state index in [1.165, 1.54) is 11.6 Å². The van der Waals surface area contributed by atoms with Crippen LogP contribution in [0.2, 0.25) is 0 Å². The minimum atomic E-state index is -0.595. The molecule has 0 spiro atoms. The zero-order chi connectivity index (χ0) is 19.3. The third-order valence-electron chi connectivity index (χ3n) is 5.31. The van der Waals surface area contributed by atoms with Crippen LogP contribution < -0.4 is 4.74 Å². The average molecular weight is 437 g/mol. The highest BCUT2D eigenvalue weighted by Crippen LogP contribution is 2.48. The summed E-state index contributed by atoms with van der Waals surface area (Å²) < 4.78 is 21.8. The largest absolute Gasteiger partial charge is 0.464 e. The highest BCUT2D eigenvalue weighted by molar-refractivity contribution is 9.10. The Kier molecular flexibility index (Phi) is 4.20. The van der Waals surface area contributed by atoms with E-state index >= 15 is 0 Å². The summed E-state index contributed by atoms with van der Waals surface area (Å²) in [7, 11) is 0. The Hall–Kier alpha value is -2.66. The Balaban J connectivity index is 1.62. The quantitative estimate of drug-likeness (QED) is 0.481.